The van der Waals surface area contributed by atoms with Crippen LogP contribution in [-0.4, -0.2) is 0 Å². The standard InChI is InChI=1S/C17H19F3O/c1-3-5-6-12-7-8-15(16(9-12)17(18,19)20)13-10-14(4-2)21-11-13/h7-11H,3-6H2,1-2H3. The number of hydrogen-bond acceptors (Lipinski definition) is 1. The van der Waals surface area contributed by atoms with E-state index in [9.17, 15) is 13.2 Å². The second kappa shape index (κ2) is 6.37. The molecule has 21 heavy (non-hydrogen) atoms. The first-order valence-electron chi connectivity index (χ1n) is 7.23. The Bertz CT molecular complexity index is 596. The Morgan fingerprint density at radius 2 is 1.86 bits per heavy atom. The van der Waals surface area contributed by atoms with Gasteiger partial charge >= 0.3 is 6.18 Å². The van der Waals surface area contributed by atoms with E-state index in [1.165, 1.54) is 12.3 Å². The number of hydrogen-bond donors (Lipinski definition) is 0. The molecule has 0 aliphatic rings. The highest BCUT2D eigenvalue weighted by atomic mass is 19.4. The molecule has 2 rings (SSSR count). The van der Waals surface area contributed by atoms with E-state index in [4.69, 9.17) is 4.42 Å². The number of unbranched alkanes of at least 4 members (excludes halogenated alkanes) is 1. The van der Waals surface area contributed by atoms with Crippen molar-refractivity contribution in [1.82, 2.24) is 0 Å². The van der Waals surface area contributed by atoms with Gasteiger partial charge in [0.25, 0.3) is 0 Å². The van der Waals surface area contributed by atoms with Crippen LogP contribution in [-0.2, 0) is 19.0 Å². The molecule has 0 bridgehead atoms. The summed E-state index contributed by atoms with van der Waals surface area (Å²) in [6.07, 6.45) is 0.227. The number of furan rings is 1. The summed E-state index contributed by atoms with van der Waals surface area (Å²) in [5.74, 6) is 0.688. The van der Waals surface area contributed by atoms with Crippen LogP contribution in [0.2, 0.25) is 0 Å². The van der Waals surface area contributed by atoms with Gasteiger partial charge in [-0.1, -0.05) is 32.4 Å². The van der Waals surface area contributed by atoms with Gasteiger partial charge in [0.2, 0.25) is 0 Å². The fourth-order valence-corrected chi connectivity index (χ4v) is 2.32. The van der Waals surface area contributed by atoms with E-state index < -0.39 is 11.7 Å². The highest BCUT2D eigenvalue weighted by Crippen LogP contribution is 2.38. The highest BCUT2D eigenvalue weighted by Gasteiger charge is 2.34. The summed E-state index contributed by atoms with van der Waals surface area (Å²) in [7, 11) is 0. The molecule has 0 saturated heterocycles. The largest absolute Gasteiger partial charge is 0.469 e. The van der Waals surface area contributed by atoms with Crippen LogP contribution in [0.3, 0.4) is 0 Å². The molecule has 0 unspecified atom stereocenters. The fraction of sp³-hybridized carbons (Fsp3) is 0.412. The Balaban J connectivity index is 2.44. The third-order valence-electron chi connectivity index (χ3n) is 3.52. The second-order valence-electron chi connectivity index (χ2n) is 5.14. The van der Waals surface area contributed by atoms with Gasteiger partial charge in [-0.2, -0.15) is 13.2 Å². The molecule has 4 heteroatoms. The van der Waals surface area contributed by atoms with E-state index in [1.54, 1.807) is 18.2 Å². The van der Waals surface area contributed by atoms with Crippen LogP contribution < -0.4 is 0 Å². The minimum Gasteiger partial charge on any atom is -0.469 e. The molecular formula is C17H19F3O. The number of halogens is 3. The van der Waals surface area contributed by atoms with Crippen molar-refractivity contribution < 1.29 is 17.6 Å². The van der Waals surface area contributed by atoms with Crippen molar-refractivity contribution in [2.24, 2.45) is 0 Å². The highest BCUT2D eigenvalue weighted by molar-refractivity contribution is 5.68. The van der Waals surface area contributed by atoms with Gasteiger partial charge in [0.1, 0.15) is 5.76 Å². The molecule has 1 aromatic carbocycles. The van der Waals surface area contributed by atoms with Gasteiger partial charge in [-0.25, -0.2) is 0 Å². The van der Waals surface area contributed by atoms with Gasteiger partial charge < -0.3 is 4.42 Å². The molecular weight excluding hydrogens is 277 g/mol. The van der Waals surface area contributed by atoms with Gasteiger partial charge in [-0.3, -0.25) is 0 Å². The van der Waals surface area contributed by atoms with Crippen molar-refractivity contribution in [1.29, 1.82) is 0 Å². The average molecular weight is 296 g/mol. The van der Waals surface area contributed by atoms with E-state index in [-0.39, 0.29) is 5.56 Å². The minimum absolute atomic E-state index is 0.186. The van der Waals surface area contributed by atoms with Crippen molar-refractivity contribution in [3.05, 3.63) is 47.4 Å². The molecule has 0 atom stereocenters. The quantitative estimate of drug-likeness (QED) is 0.672. The van der Waals surface area contributed by atoms with Crippen LogP contribution in [0, 0.1) is 0 Å². The Morgan fingerprint density at radius 1 is 1.10 bits per heavy atom. The predicted molar refractivity (Wildman–Crippen MR) is 77.1 cm³/mol. The summed E-state index contributed by atoms with van der Waals surface area (Å²) < 4.78 is 45.1. The molecule has 0 N–H and O–H groups in total. The monoisotopic (exact) mass is 296 g/mol. The lowest BCUT2D eigenvalue weighted by molar-refractivity contribution is -0.137. The van der Waals surface area contributed by atoms with Gasteiger partial charge in [0, 0.05) is 12.0 Å². The molecule has 114 valence electrons. The lowest BCUT2D eigenvalue weighted by Gasteiger charge is -2.13. The van der Waals surface area contributed by atoms with Gasteiger partial charge in [-0.05, 0) is 36.1 Å². The summed E-state index contributed by atoms with van der Waals surface area (Å²) in [6, 6.07) is 6.27. The van der Waals surface area contributed by atoms with Gasteiger partial charge in [0.15, 0.2) is 0 Å². The Kier molecular flexibility index (Phi) is 4.76. The topological polar surface area (TPSA) is 13.1 Å². The van der Waals surface area contributed by atoms with E-state index in [2.05, 4.69) is 0 Å². The minimum atomic E-state index is -4.36. The van der Waals surface area contributed by atoms with Crippen molar-refractivity contribution in [3.63, 3.8) is 0 Å². The molecule has 0 spiro atoms. The van der Waals surface area contributed by atoms with E-state index in [1.807, 2.05) is 13.8 Å². The number of benzene rings is 1. The molecule has 0 aliphatic heterocycles. The van der Waals surface area contributed by atoms with Crippen LogP contribution in [0.25, 0.3) is 11.1 Å². The summed E-state index contributed by atoms with van der Waals surface area (Å²) in [5.41, 5.74) is 0.819. The third-order valence-corrected chi connectivity index (χ3v) is 3.52. The zero-order valence-corrected chi connectivity index (χ0v) is 12.3. The molecule has 0 amide bonds. The first-order valence-corrected chi connectivity index (χ1v) is 7.23. The summed E-state index contributed by atoms with van der Waals surface area (Å²) in [5, 5.41) is 0. The Morgan fingerprint density at radius 3 is 2.43 bits per heavy atom. The molecule has 2 aromatic rings. The third kappa shape index (κ3) is 3.69. The molecule has 0 saturated carbocycles. The number of alkyl halides is 3. The molecule has 1 aromatic heterocycles. The predicted octanol–water partition coefficient (Wildman–Crippen LogP) is 5.87. The maximum Gasteiger partial charge on any atom is 0.417 e. The Hall–Kier alpha value is -1.71. The Labute approximate surface area is 122 Å². The number of aryl methyl sites for hydroxylation is 2. The summed E-state index contributed by atoms with van der Waals surface area (Å²) in [4.78, 5) is 0. The lowest BCUT2D eigenvalue weighted by Crippen LogP contribution is -2.08. The van der Waals surface area contributed by atoms with Crippen LogP contribution in [0.1, 0.15) is 43.6 Å². The SMILES string of the molecule is CCCCc1ccc(-c2coc(CC)c2)c(C(F)(F)F)c1. The van der Waals surface area contributed by atoms with Crippen LogP contribution >= 0.6 is 0 Å². The van der Waals surface area contributed by atoms with E-state index in [0.717, 1.165) is 18.4 Å². The summed E-state index contributed by atoms with van der Waals surface area (Å²) >= 11 is 0. The maximum absolute atomic E-state index is 13.3. The van der Waals surface area contributed by atoms with E-state index in [0.29, 0.717) is 24.2 Å². The molecule has 0 fully saturated rings. The second-order valence-corrected chi connectivity index (χ2v) is 5.14. The van der Waals surface area contributed by atoms with Crippen LogP contribution in [0.15, 0.2) is 34.9 Å². The molecule has 0 aliphatic carbocycles. The molecule has 1 nitrogen and oxygen atoms in total. The molecule has 0 radical (unpaired) electrons. The van der Waals surface area contributed by atoms with Gasteiger partial charge in [-0.15, -0.1) is 0 Å². The molecule has 1 heterocycles. The maximum atomic E-state index is 13.3. The fourth-order valence-electron chi connectivity index (χ4n) is 2.32. The first kappa shape index (κ1) is 15.7. The lowest BCUT2D eigenvalue weighted by atomic mass is 9.96. The zero-order chi connectivity index (χ0) is 15.5. The summed E-state index contributed by atoms with van der Waals surface area (Å²) in [6.45, 7) is 3.93. The smallest absolute Gasteiger partial charge is 0.417 e. The number of rotatable bonds is 5. The normalized spacial score (nSPS) is 11.9. The van der Waals surface area contributed by atoms with Crippen LogP contribution in [0.4, 0.5) is 13.2 Å². The van der Waals surface area contributed by atoms with Crippen molar-refractivity contribution in [2.75, 3.05) is 0 Å². The van der Waals surface area contributed by atoms with Crippen LogP contribution in [0.5, 0.6) is 0 Å². The average Bonchev–Trinajstić information content (AvgIpc) is 2.92. The van der Waals surface area contributed by atoms with E-state index >= 15 is 0 Å². The van der Waals surface area contributed by atoms with Crippen molar-refractivity contribution >= 4 is 0 Å². The van der Waals surface area contributed by atoms with Crippen molar-refractivity contribution in [3.8, 4) is 11.1 Å². The first-order chi connectivity index (χ1) is 9.95. The van der Waals surface area contributed by atoms with Gasteiger partial charge in [0.05, 0.1) is 11.8 Å². The zero-order valence-electron chi connectivity index (χ0n) is 12.3. The van der Waals surface area contributed by atoms with Crippen molar-refractivity contribution in [2.45, 2.75) is 45.7 Å².